The van der Waals surface area contributed by atoms with E-state index in [1.807, 2.05) is 0 Å². The smallest absolute Gasteiger partial charge is 0.242 e. The molecule has 0 atom stereocenters. The second-order valence-electron chi connectivity index (χ2n) is 3.49. The lowest BCUT2D eigenvalue weighted by Crippen LogP contribution is -2.24. The van der Waals surface area contributed by atoms with Crippen molar-refractivity contribution < 1.29 is 8.42 Å². The van der Waals surface area contributed by atoms with Crippen molar-refractivity contribution in [3.63, 3.8) is 0 Å². The summed E-state index contributed by atoms with van der Waals surface area (Å²) in [6.07, 6.45) is 5.93. The number of sulfonamides is 1. The van der Waals surface area contributed by atoms with Gasteiger partial charge in [0.05, 0.1) is 0 Å². The van der Waals surface area contributed by atoms with E-state index in [0.717, 1.165) is 23.7 Å². The third kappa shape index (κ3) is 5.62. The lowest BCUT2D eigenvalue weighted by molar-refractivity contribution is 0.576. The fourth-order valence-corrected chi connectivity index (χ4v) is 3.34. The first-order valence-electron chi connectivity index (χ1n) is 5.22. The summed E-state index contributed by atoms with van der Waals surface area (Å²) in [7, 11) is -3.41. The highest BCUT2D eigenvalue weighted by Gasteiger charge is 2.13. The number of rotatable bonds is 7. The van der Waals surface area contributed by atoms with Gasteiger partial charge >= 0.3 is 0 Å². The number of aromatic nitrogens is 1. The molecule has 0 fully saturated rings. The highest BCUT2D eigenvalue weighted by molar-refractivity contribution is 14.1. The Balaban J connectivity index is 2.51. The Hall–Kier alpha value is 0.270. The van der Waals surface area contributed by atoms with Gasteiger partial charge in [0.1, 0.15) is 4.90 Å². The number of hydrogen-bond acceptors (Lipinski definition) is 3. The van der Waals surface area contributed by atoms with E-state index in [-0.39, 0.29) is 4.90 Å². The van der Waals surface area contributed by atoms with Gasteiger partial charge in [-0.3, -0.25) is 4.98 Å². The number of hydrogen-bond donors (Lipinski definition) is 1. The molecule has 4 nitrogen and oxygen atoms in total. The van der Waals surface area contributed by atoms with Crippen LogP contribution in [-0.4, -0.2) is 24.4 Å². The first kappa shape index (κ1) is 15.3. The molecule has 0 aliphatic carbocycles. The standard InChI is InChI=1S/C10H14BrIN2O2S/c11-9-6-10(8-13-7-9)17(15,16)14-5-3-1-2-4-12/h6-8,14H,1-5H2. The summed E-state index contributed by atoms with van der Waals surface area (Å²) in [6, 6.07) is 1.54. The topological polar surface area (TPSA) is 59.1 Å². The quantitative estimate of drug-likeness (QED) is 0.409. The zero-order valence-electron chi connectivity index (χ0n) is 9.20. The van der Waals surface area contributed by atoms with Crippen molar-refractivity contribution in [2.45, 2.75) is 24.2 Å². The van der Waals surface area contributed by atoms with Crippen LogP contribution in [-0.2, 0) is 10.0 Å². The van der Waals surface area contributed by atoms with Crippen LogP contribution in [0.1, 0.15) is 19.3 Å². The molecular weight excluding hydrogens is 419 g/mol. The average molecular weight is 433 g/mol. The average Bonchev–Trinajstić information content (AvgIpc) is 2.29. The van der Waals surface area contributed by atoms with Crippen LogP contribution < -0.4 is 4.72 Å². The molecule has 1 heterocycles. The molecule has 0 saturated carbocycles. The minimum absolute atomic E-state index is 0.195. The molecule has 1 rings (SSSR count). The SMILES string of the molecule is O=S(=O)(NCCCCCI)c1cncc(Br)c1. The molecule has 1 aromatic heterocycles. The highest BCUT2D eigenvalue weighted by atomic mass is 127. The molecule has 0 aliphatic rings. The molecule has 0 bridgehead atoms. The lowest BCUT2D eigenvalue weighted by atomic mass is 10.3. The molecule has 0 unspecified atom stereocenters. The van der Waals surface area contributed by atoms with E-state index in [1.165, 1.54) is 6.20 Å². The van der Waals surface area contributed by atoms with Gasteiger partial charge in [-0.1, -0.05) is 29.0 Å². The molecule has 7 heteroatoms. The Bertz CT molecular complexity index is 453. The summed E-state index contributed by atoms with van der Waals surface area (Å²) in [5.41, 5.74) is 0. The highest BCUT2D eigenvalue weighted by Crippen LogP contribution is 2.14. The van der Waals surface area contributed by atoms with E-state index >= 15 is 0 Å². The van der Waals surface area contributed by atoms with Gasteiger partial charge in [-0.05, 0) is 39.3 Å². The predicted octanol–water partition coefficient (Wildman–Crippen LogP) is 2.73. The van der Waals surface area contributed by atoms with E-state index in [4.69, 9.17) is 0 Å². The Morgan fingerprint density at radius 2 is 2.06 bits per heavy atom. The normalized spacial score (nSPS) is 11.6. The summed E-state index contributed by atoms with van der Waals surface area (Å²) in [4.78, 5) is 4.04. The maximum atomic E-state index is 11.8. The summed E-state index contributed by atoms with van der Waals surface area (Å²) < 4.78 is 28.0. The van der Waals surface area contributed by atoms with Crippen LogP contribution in [0.25, 0.3) is 0 Å². The maximum Gasteiger partial charge on any atom is 0.242 e. The number of alkyl halides is 1. The van der Waals surface area contributed by atoms with Crippen LogP contribution in [0.15, 0.2) is 27.8 Å². The second-order valence-corrected chi connectivity index (χ2v) is 7.25. The van der Waals surface area contributed by atoms with E-state index in [1.54, 1.807) is 12.3 Å². The van der Waals surface area contributed by atoms with Crippen LogP contribution in [0.5, 0.6) is 0 Å². The lowest BCUT2D eigenvalue weighted by Gasteiger charge is -2.06. The number of halogens is 2. The minimum Gasteiger partial charge on any atom is -0.262 e. The van der Waals surface area contributed by atoms with Crippen molar-refractivity contribution in [2.75, 3.05) is 11.0 Å². The van der Waals surface area contributed by atoms with Crippen LogP contribution in [0, 0.1) is 0 Å². The summed E-state index contributed by atoms with van der Waals surface area (Å²) in [6.45, 7) is 0.478. The van der Waals surface area contributed by atoms with E-state index < -0.39 is 10.0 Å². The third-order valence-electron chi connectivity index (χ3n) is 2.09. The van der Waals surface area contributed by atoms with Gasteiger partial charge in [-0.2, -0.15) is 0 Å². The van der Waals surface area contributed by atoms with Crippen molar-refractivity contribution in [3.05, 3.63) is 22.9 Å². The largest absolute Gasteiger partial charge is 0.262 e. The second kappa shape index (κ2) is 7.65. The van der Waals surface area contributed by atoms with Crippen molar-refractivity contribution >= 4 is 48.5 Å². The monoisotopic (exact) mass is 432 g/mol. The number of nitrogens with one attached hydrogen (secondary N) is 1. The molecule has 0 amide bonds. The molecule has 0 aromatic carbocycles. The maximum absolute atomic E-state index is 11.8. The summed E-state index contributed by atoms with van der Waals surface area (Å²) >= 11 is 5.52. The van der Waals surface area contributed by atoms with Crippen LogP contribution in [0.3, 0.4) is 0 Å². The van der Waals surface area contributed by atoms with Crippen LogP contribution in [0.4, 0.5) is 0 Å². The van der Waals surface area contributed by atoms with Crippen molar-refractivity contribution in [1.82, 2.24) is 9.71 Å². The number of pyridine rings is 1. The van der Waals surface area contributed by atoms with Crippen molar-refractivity contribution in [2.24, 2.45) is 0 Å². The van der Waals surface area contributed by atoms with Gasteiger partial charge in [-0.25, -0.2) is 13.1 Å². The first-order valence-corrected chi connectivity index (χ1v) is 9.02. The first-order chi connectivity index (χ1) is 8.06. The number of nitrogens with zero attached hydrogens (tertiary/aromatic N) is 1. The van der Waals surface area contributed by atoms with Gasteiger partial charge in [0.15, 0.2) is 0 Å². The predicted molar refractivity (Wildman–Crippen MR) is 79.9 cm³/mol. The number of unbranched alkanes of at least 4 members (excludes halogenated alkanes) is 2. The molecule has 0 radical (unpaired) electrons. The molecular formula is C10H14BrIN2O2S. The van der Waals surface area contributed by atoms with Gasteiger partial charge in [0.2, 0.25) is 10.0 Å². The Kier molecular flexibility index (Phi) is 6.90. The third-order valence-corrected chi connectivity index (χ3v) is 4.72. The zero-order chi connectivity index (χ0) is 12.7. The molecule has 1 aromatic rings. The fourth-order valence-electron chi connectivity index (χ4n) is 1.23. The molecule has 0 spiro atoms. The minimum atomic E-state index is -3.41. The summed E-state index contributed by atoms with van der Waals surface area (Å²) in [5, 5.41) is 0. The van der Waals surface area contributed by atoms with Crippen molar-refractivity contribution in [3.8, 4) is 0 Å². The van der Waals surface area contributed by atoms with Gasteiger partial charge in [0.25, 0.3) is 0 Å². The molecule has 96 valence electrons. The van der Waals surface area contributed by atoms with Crippen molar-refractivity contribution in [1.29, 1.82) is 0 Å². The fraction of sp³-hybridized carbons (Fsp3) is 0.500. The molecule has 0 aliphatic heterocycles. The Labute approximate surface area is 124 Å². The Morgan fingerprint density at radius 1 is 1.29 bits per heavy atom. The van der Waals surface area contributed by atoms with E-state index in [9.17, 15) is 8.42 Å². The summed E-state index contributed by atoms with van der Waals surface area (Å²) in [5.74, 6) is 0. The van der Waals surface area contributed by atoms with Crippen LogP contribution in [0.2, 0.25) is 0 Å². The zero-order valence-corrected chi connectivity index (χ0v) is 13.8. The Morgan fingerprint density at radius 3 is 2.71 bits per heavy atom. The van der Waals surface area contributed by atoms with Crippen LogP contribution >= 0.6 is 38.5 Å². The van der Waals surface area contributed by atoms with Gasteiger partial charge in [-0.15, -0.1) is 0 Å². The molecule has 17 heavy (non-hydrogen) atoms. The van der Waals surface area contributed by atoms with E-state index in [2.05, 4.69) is 48.2 Å². The van der Waals surface area contributed by atoms with E-state index in [0.29, 0.717) is 11.0 Å². The van der Waals surface area contributed by atoms with Gasteiger partial charge < -0.3 is 0 Å². The molecule has 1 N–H and O–H groups in total. The molecule has 0 saturated heterocycles. The van der Waals surface area contributed by atoms with Gasteiger partial charge in [0, 0.05) is 23.4 Å².